The number of aryl methyl sites for hydroxylation is 1. The lowest BCUT2D eigenvalue weighted by atomic mass is 10.2. The average molecular weight is 278 g/mol. The molecule has 0 aliphatic rings. The number of para-hydroxylation sites is 1. The van der Waals surface area contributed by atoms with E-state index in [0.29, 0.717) is 24.4 Å². The predicted molar refractivity (Wildman–Crippen MR) is 79.2 cm³/mol. The van der Waals surface area contributed by atoms with Crippen molar-refractivity contribution < 1.29 is 0 Å². The summed E-state index contributed by atoms with van der Waals surface area (Å²) >= 11 is 0. The van der Waals surface area contributed by atoms with E-state index in [1.807, 2.05) is 52.8 Å². The first-order valence-corrected chi connectivity index (χ1v) is 6.67. The Morgan fingerprint density at radius 3 is 2.81 bits per heavy atom. The van der Waals surface area contributed by atoms with Crippen molar-refractivity contribution in [3.63, 3.8) is 0 Å². The molecule has 6 heteroatoms. The van der Waals surface area contributed by atoms with Gasteiger partial charge in [0.2, 0.25) is 5.65 Å². The number of anilines is 2. The quantitative estimate of drug-likeness (QED) is 0.733. The number of fused-ring (bicyclic) bond motifs is 1. The third-order valence-corrected chi connectivity index (χ3v) is 3.25. The minimum absolute atomic E-state index is 0.407. The fourth-order valence-electron chi connectivity index (χ4n) is 2.25. The van der Waals surface area contributed by atoms with Crippen LogP contribution in [-0.2, 0) is 0 Å². The molecule has 0 spiro atoms. The second kappa shape index (κ2) is 5.59. The van der Waals surface area contributed by atoms with Crippen LogP contribution in [0.15, 0.2) is 42.7 Å². The summed E-state index contributed by atoms with van der Waals surface area (Å²) in [4.78, 5) is 6.44. The SMILES string of the molecule is Cc1nnc2c(N(CCC#N)c3ccccc3)nccn12. The van der Waals surface area contributed by atoms with Crippen molar-refractivity contribution in [1.29, 1.82) is 5.26 Å². The van der Waals surface area contributed by atoms with Gasteiger partial charge in [-0.1, -0.05) is 18.2 Å². The Bertz CT molecular complexity index is 787. The van der Waals surface area contributed by atoms with Crippen LogP contribution in [0.4, 0.5) is 11.5 Å². The second-order valence-electron chi connectivity index (χ2n) is 4.59. The lowest BCUT2D eigenvalue weighted by Gasteiger charge is -2.22. The van der Waals surface area contributed by atoms with Crippen molar-refractivity contribution >= 4 is 17.2 Å². The van der Waals surface area contributed by atoms with E-state index in [1.165, 1.54) is 0 Å². The van der Waals surface area contributed by atoms with Gasteiger partial charge in [-0.25, -0.2) is 4.98 Å². The van der Waals surface area contributed by atoms with Crippen molar-refractivity contribution in [2.45, 2.75) is 13.3 Å². The van der Waals surface area contributed by atoms with Crippen molar-refractivity contribution in [1.82, 2.24) is 19.6 Å². The Kier molecular flexibility index (Phi) is 3.48. The van der Waals surface area contributed by atoms with Crippen LogP contribution in [0.25, 0.3) is 5.65 Å². The third kappa shape index (κ3) is 2.41. The van der Waals surface area contributed by atoms with Gasteiger partial charge in [0.1, 0.15) is 5.82 Å². The number of hydrogen-bond donors (Lipinski definition) is 0. The average Bonchev–Trinajstić information content (AvgIpc) is 2.91. The van der Waals surface area contributed by atoms with E-state index in [0.717, 1.165) is 11.5 Å². The van der Waals surface area contributed by atoms with Crippen LogP contribution < -0.4 is 4.90 Å². The van der Waals surface area contributed by atoms with Crippen LogP contribution in [0.2, 0.25) is 0 Å². The molecule has 0 unspecified atom stereocenters. The van der Waals surface area contributed by atoms with E-state index in [9.17, 15) is 0 Å². The second-order valence-corrected chi connectivity index (χ2v) is 4.59. The molecule has 3 rings (SSSR count). The van der Waals surface area contributed by atoms with Crippen LogP contribution in [0.5, 0.6) is 0 Å². The number of rotatable bonds is 4. The van der Waals surface area contributed by atoms with Crippen molar-refractivity contribution in [2.75, 3.05) is 11.4 Å². The van der Waals surface area contributed by atoms with Crippen molar-refractivity contribution in [3.8, 4) is 6.07 Å². The highest BCUT2D eigenvalue weighted by Gasteiger charge is 2.16. The van der Waals surface area contributed by atoms with Gasteiger partial charge in [0.05, 0.1) is 12.5 Å². The lowest BCUT2D eigenvalue weighted by Crippen LogP contribution is -2.20. The van der Waals surface area contributed by atoms with E-state index in [2.05, 4.69) is 21.3 Å². The van der Waals surface area contributed by atoms with Gasteiger partial charge in [0.25, 0.3) is 0 Å². The summed E-state index contributed by atoms with van der Waals surface area (Å²) in [7, 11) is 0. The molecule has 3 aromatic rings. The topological polar surface area (TPSA) is 70.1 Å². The zero-order chi connectivity index (χ0) is 14.7. The first kappa shape index (κ1) is 13.1. The van der Waals surface area contributed by atoms with Gasteiger partial charge >= 0.3 is 0 Å². The Morgan fingerprint density at radius 2 is 2.05 bits per heavy atom. The molecule has 0 bridgehead atoms. The summed E-state index contributed by atoms with van der Waals surface area (Å²) in [6.45, 7) is 2.45. The molecule has 0 radical (unpaired) electrons. The molecule has 0 saturated heterocycles. The van der Waals surface area contributed by atoms with Gasteiger partial charge in [0.15, 0.2) is 5.82 Å². The van der Waals surface area contributed by atoms with E-state index < -0.39 is 0 Å². The van der Waals surface area contributed by atoms with Gasteiger partial charge in [-0.3, -0.25) is 4.40 Å². The summed E-state index contributed by atoms with van der Waals surface area (Å²) < 4.78 is 1.89. The molecule has 2 aromatic heterocycles. The summed E-state index contributed by atoms with van der Waals surface area (Å²) in [5, 5.41) is 17.2. The molecule has 0 N–H and O–H groups in total. The van der Waals surface area contributed by atoms with Crippen LogP contribution in [0.1, 0.15) is 12.2 Å². The number of aromatic nitrogens is 4. The monoisotopic (exact) mass is 278 g/mol. The molecule has 0 aliphatic heterocycles. The standard InChI is InChI=1S/C15H14N6/c1-12-18-19-15-14(17-9-11-20(12)15)21(10-5-8-16)13-6-3-2-4-7-13/h2-4,6-7,9,11H,5,10H2,1H3. The first-order valence-electron chi connectivity index (χ1n) is 6.67. The maximum Gasteiger partial charge on any atom is 0.204 e. The Morgan fingerprint density at radius 1 is 1.24 bits per heavy atom. The Hall–Kier alpha value is -2.94. The van der Waals surface area contributed by atoms with Crippen molar-refractivity contribution in [3.05, 3.63) is 48.5 Å². The fourth-order valence-corrected chi connectivity index (χ4v) is 2.25. The third-order valence-electron chi connectivity index (χ3n) is 3.25. The van der Waals surface area contributed by atoms with E-state index >= 15 is 0 Å². The minimum atomic E-state index is 0.407. The maximum absolute atomic E-state index is 8.90. The Balaban J connectivity index is 2.13. The molecule has 1 aromatic carbocycles. The minimum Gasteiger partial charge on any atom is -0.322 e. The van der Waals surface area contributed by atoms with Gasteiger partial charge in [-0.15, -0.1) is 10.2 Å². The number of hydrogen-bond acceptors (Lipinski definition) is 5. The first-order chi connectivity index (χ1) is 10.3. The summed E-state index contributed by atoms with van der Waals surface area (Å²) in [6.07, 6.45) is 3.97. The van der Waals surface area contributed by atoms with Crippen LogP contribution >= 0.6 is 0 Å². The Labute approximate surface area is 122 Å². The predicted octanol–water partition coefficient (Wildman–Crippen LogP) is 2.48. The molecule has 104 valence electrons. The van der Waals surface area contributed by atoms with Gasteiger partial charge in [-0.05, 0) is 19.1 Å². The largest absolute Gasteiger partial charge is 0.322 e. The molecule has 2 heterocycles. The maximum atomic E-state index is 8.90. The molecule has 0 amide bonds. The van der Waals surface area contributed by atoms with Crippen LogP contribution in [0.3, 0.4) is 0 Å². The molecule has 6 nitrogen and oxygen atoms in total. The normalized spacial score (nSPS) is 10.5. The highest BCUT2D eigenvalue weighted by atomic mass is 15.3. The summed E-state index contributed by atoms with van der Waals surface area (Å²) in [5.74, 6) is 1.52. The van der Waals surface area contributed by atoms with E-state index in [-0.39, 0.29) is 0 Å². The van der Waals surface area contributed by atoms with E-state index in [4.69, 9.17) is 5.26 Å². The molecule has 21 heavy (non-hydrogen) atoms. The molecular formula is C15H14N6. The molecule has 0 atom stereocenters. The molecule has 0 aliphatic carbocycles. The molecule has 0 fully saturated rings. The van der Waals surface area contributed by atoms with Gasteiger partial charge < -0.3 is 4.90 Å². The van der Waals surface area contributed by atoms with Crippen LogP contribution in [-0.4, -0.2) is 26.1 Å². The lowest BCUT2D eigenvalue weighted by molar-refractivity contribution is 0.918. The van der Waals surface area contributed by atoms with Gasteiger partial charge in [-0.2, -0.15) is 5.26 Å². The van der Waals surface area contributed by atoms with Crippen molar-refractivity contribution in [2.24, 2.45) is 0 Å². The number of benzene rings is 1. The summed E-state index contributed by atoms with van der Waals surface area (Å²) in [6, 6.07) is 12.0. The fraction of sp³-hybridized carbons (Fsp3) is 0.200. The summed E-state index contributed by atoms with van der Waals surface area (Å²) in [5.41, 5.74) is 1.67. The molecular weight excluding hydrogens is 264 g/mol. The number of nitrogens with zero attached hydrogens (tertiary/aromatic N) is 6. The molecule has 0 saturated carbocycles. The zero-order valence-corrected chi connectivity index (χ0v) is 11.6. The van der Waals surface area contributed by atoms with E-state index in [1.54, 1.807) is 6.20 Å². The smallest absolute Gasteiger partial charge is 0.204 e. The highest BCUT2D eigenvalue weighted by molar-refractivity contribution is 5.72. The zero-order valence-electron chi connectivity index (χ0n) is 11.6. The highest BCUT2D eigenvalue weighted by Crippen LogP contribution is 2.26. The number of nitriles is 1. The van der Waals surface area contributed by atoms with Crippen LogP contribution in [0, 0.1) is 18.3 Å². The van der Waals surface area contributed by atoms with Gasteiger partial charge in [0, 0.05) is 24.6 Å².